The van der Waals surface area contributed by atoms with E-state index in [9.17, 15) is 8.42 Å². The smallest absolute Gasteiger partial charge is 0.189 e. The summed E-state index contributed by atoms with van der Waals surface area (Å²) >= 11 is 11.6. The zero-order valence-corrected chi connectivity index (χ0v) is 8.14. The van der Waals surface area contributed by atoms with Gasteiger partial charge in [0.15, 0.2) is 9.84 Å². The minimum absolute atomic E-state index is 0.561. The summed E-state index contributed by atoms with van der Waals surface area (Å²) in [7, 11) is -3.26. The van der Waals surface area contributed by atoms with Crippen molar-refractivity contribution >= 4 is 33.0 Å². The van der Waals surface area contributed by atoms with E-state index in [4.69, 9.17) is 23.2 Å². The third-order valence-electron chi connectivity index (χ3n) is 2.25. The monoisotopic (exact) mass is 214 g/mol. The molecule has 0 amide bonds. The predicted octanol–water partition coefficient (Wildman–Crippen LogP) is 1.86. The molecule has 0 heterocycles. The molecule has 2 fully saturated rings. The van der Waals surface area contributed by atoms with Crippen LogP contribution < -0.4 is 0 Å². The molecule has 5 heteroatoms. The van der Waals surface area contributed by atoms with E-state index in [2.05, 4.69) is 0 Å². The number of rotatable bonds is 2. The van der Waals surface area contributed by atoms with Crippen LogP contribution >= 0.6 is 23.2 Å². The van der Waals surface area contributed by atoms with E-state index >= 15 is 0 Å². The van der Waals surface area contributed by atoms with Gasteiger partial charge in [0.05, 0.1) is 0 Å². The highest BCUT2D eigenvalue weighted by molar-refractivity contribution is 7.97. The fourth-order valence-electron chi connectivity index (χ4n) is 1.06. The summed E-state index contributed by atoms with van der Waals surface area (Å²) in [6.07, 6.45) is 2.24. The zero-order valence-electron chi connectivity index (χ0n) is 5.81. The fourth-order valence-corrected chi connectivity index (χ4v) is 4.19. The van der Waals surface area contributed by atoms with E-state index in [0.717, 1.165) is 0 Å². The van der Waals surface area contributed by atoms with Crippen LogP contribution in [0, 0.1) is 0 Å². The van der Waals surface area contributed by atoms with Crippen LogP contribution in [0.2, 0.25) is 0 Å². The van der Waals surface area contributed by atoms with E-state index in [1.54, 1.807) is 0 Å². The lowest BCUT2D eigenvalue weighted by atomic mass is 10.9. The van der Waals surface area contributed by atoms with Gasteiger partial charge in [-0.05, 0) is 25.7 Å². The summed E-state index contributed by atoms with van der Waals surface area (Å²) in [4.78, 5) is 0. The summed E-state index contributed by atoms with van der Waals surface area (Å²) in [6, 6.07) is 0. The van der Waals surface area contributed by atoms with E-state index in [1.165, 1.54) is 0 Å². The topological polar surface area (TPSA) is 34.1 Å². The first-order valence-corrected chi connectivity index (χ1v) is 5.77. The van der Waals surface area contributed by atoms with Crippen LogP contribution in [0.4, 0.5) is 0 Å². The van der Waals surface area contributed by atoms with E-state index in [1.807, 2.05) is 0 Å². The van der Waals surface area contributed by atoms with Crippen molar-refractivity contribution in [1.29, 1.82) is 0 Å². The average Bonchev–Trinajstić information content (AvgIpc) is 2.72. The van der Waals surface area contributed by atoms with E-state index < -0.39 is 18.2 Å². The van der Waals surface area contributed by atoms with Crippen molar-refractivity contribution in [3.8, 4) is 0 Å². The molecule has 2 aliphatic carbocycles. The quantitative estimate of drug-likeness (QED) is 0.659. The average molecular weight is 215 g/mol. The van der Waals surface area contributed by atoms with Gasteiger partial charge < -0.3 is 0 Å². The predicted molar refractivity (Wildman–Crippen MR) is 44.6 cm³/mol. The molecule has 2 aliphatic rings. The van der Waals surface area contributed by atoms with Gasteiger partial charge in [-0.15, -0.1) is 23.2 Å². The minimum Gasteiger partial charge on any atom is -0.225 e. The molecule has 0 atom stereocenters. The van der Waals surface area contributed by atoms with Crippen molar-refractivity contribution in [1.82, 2.24) is 0 Å². The standard InChI is InChI=1S/C6H8Cl2O2S/c7-5(1-2-5)11(9,10)6(8)3-4-6/h1-4H2. The van der Waals surface area contributed by atoms with Gasteiger partial charge in [0.1, 0.15) is 8.41 Å². The molecule has 0 spiro atoms. The molecule has 0 aliphatic heterocycles. The molecule has 0 unspecified atom stereocenters. The molecule has 64 valence electrons. The number of sulfone groups is 1. The van der Waals surface area contributed by atoms with Crippen LogP contribution in [0.3, 0.4) is 0 Å². The lowest BCUT2D eigenvalue weighted by Gasteiger charge is -2.12. The van der Waals surface area contributed by atoms with Gasteiger partial charge in [0.2, 0.25) is 0 Å². The maximum absolute atomic E-state index is 11.5. The second-order valence-electron chi connectivity index (χ2n) is 3.27. The van der Waals surface area contributed by atoms with Gasteiger partial charge in [-0.25, -0.2) is 8.42 Å². The molecule has 11 heavy (non-hydrogen) atoms. The first kappa shape index (κ1) is 8.14. The zero-order chi connectivity index (χ0) is 8.33. The molecule has 0 radical (unpaired) electrons. The Labute approximate surface area is 75.8 Å². The molecule has 0 aromatic heterocycles. The van der Waals surface area contributed by atoms with E-state index in [0.29, 0.717) is 25.7 Å². The fraction of sp³-hybridized carbons (Fsp3) is 1.00. The van der Waals surface area contributed by atoms with Gasteiger partial charge in [-0.2, -0.15) is 0 Å². The molecule has 2 nitrogen and oxygen atoms in total. The molecule has 0 saturated heterocycles. The normalized spacial score (nSPS) is 31.5. The van der Waals surface area contributed by atoms with Gasteiger partial charge in [-0.3, -0.25) is 0 Å². The Morgan fingerprint density at radius 3 is 1.36 bits per heavy atom. The highest BCUT2D eigenvalue weighted by Crippen LogP contribution is 2.60. The highest BCUT2D eigenvalue weighted by Gasteiger charge is 2.66. The van der Waals surface area contributed by atoms with Crippen LogP contribution in [-0.2, 0) is 9.84 Å². The van der Waals surface area contributed by atoms with E-state index in [-0.39, 0.29) is 0 Å². The first-order chi connectivity index (χ1) is 4.91. The van der Waals surface area contributed by atoms with Crippen molar-refractivity contribution in [2.24, 2.45) is 0 Å². The van der Waals surface area contributed by atoms with Crippen molar-refractivity contribution < 1.29 is 8.42 Å². The van der Waals surface area contributed by atoms with Crippen LogP contribution in [0.5, 0.6) is 0 Å². The van der Waals surface area contributed by atoms with Crippen molar-refractivity contribution in [2.75, 3.05) is 0 Å². The maximum Gasteiger partial charge on any atom is 0.189 e. The molecule has 2 rings (SSSR count). The number of hydrogen-bond donors (Lipinski definition) is 0. The minimum atomic E-state index is -3.26. The largest absolute Gasteiger partial charge is 0.225 e. The van der Waals surface area contributed by atoms with Gasteiger partial charge in [0, 0.05) is 0 Å². The van der Waals surface area contributed by atoms with Crippen molar-refractivity contribution in [2.45, 2.75) is 34.1 Å². The van der Waals surface area contributed by atoms with Crippen LogP contribution in [-0.4, -0.2) is 16.8 Å². The van der Waals surface area contributed by atoms with Gasteiger partial charge in [-0.1, -0.05) is 0 Å². The lowest BCUT2D eigenvalue weighted by Crippen LogP contribution is -2.27. The number of alkyl halides is 2. The maximum atomic E-state index is 11.5. The molecule has 0 N–H and O–H groups in total. The summed E-state index contributed by atoms with van der Waals surface area (Å²) in [6.45, 7) is 0. The summed E-state index contributed by atoms with van der Waals surface area (Å²) in [5.41, 5.74) is 0. The molecule has 0 aromatic rings. The van der Waals surface area contributed by atoms with Crippen LogP contribution in [0.15, 0.2) is 0 Å². The highest BCUT2D eigenvalue weighted by atomic mass is 35.5. The SMILES string of the molecule is O=S(=O)(C1(Cl)CC1)C1(Cl)CC1. The molecule has 2 saturated carbocycles. The van der Waals surface area contributed by atoms with Crippen LogP contribution in [0.25, 0.3) is 0 Å². The Hall–Kier alpha value is 0.530. The number of hydrogen-bond acceptors (Lipinski definition) is 2. The Balaban J connectivity index is 2.36. The summed E-state index contributed by atoms with van der Waals surface area (Å²) in [5, 5.41) is 0. The third-order valence-corrected chi connectivity index (χ3v) is 6.97. The second-order valence-corrected chi connectivity index (χ2v) is 7.73. The Kier molecular flexibility index (Phi) is 1.39. The van der Waals surface area contributed by atoms with Crippen molar-refractivity contribution in [3.63, 3.8) is 0 Å². The second kappa shape index (κ2) is 1.88. The Morgan fingerprint density at radius 2 is 1.18 bits per heavy atom. The summed E-state index contributed by atoms with van der Waals surface area (Å²) < 4.78 is 21.1. The summed E-state index contributed by atoms with van der Waals surface area (Å²) in [5.74, 6) is 0. The van der Waals surface area contributed by atoms with Gasteiger partial charge in [0.25, 0.3) is 0 Å². The molecule has 0 bridgehead atoms. The number of halogens is 2. The van der Waals surface area contributed by atoms with Gasteiger partial charge >= 0.3 is 0 Å². The van der Waals surface area contributed by atoms with Crippen molar-refractivity contribution in [3.05, 3.63) is 0 Å². The Bertz CT molecular complexity index is 264. The van der Waals surface area contributed by atoms with Crippen LogP contribution in [0.1, 0.15) is 25.7 Å². The molecular formula is C6H8Cl2O2S. The molecule has 0 aromatic carbocycles. The molecular weight excluding hydrogens is 207 g/mol. The Morgan fingerprint density at radius 1 is 0.909 bits per heavy atom. The lowest BCUT2D eigenvalue weighted by molar-refractivity contribution is 0.586. The first-order valence-electron chi connectivity index (χ1n) is 3.53. The third kappa shape index (κ3) is 0.941.